The number of benzene rings is 1. The van der Waals surface area contributed by atoms with Crippen LogP contribution in [0.15, 0.2) is 17.9 Å². The second-order valence-electron chi connectivity index (χ2n) is 5.96. The van der Waals surface area contributed by atoms with Gasteiger partial charge in [0, 0.05) is 0 Å². The molecular formula is C16H17F3O3S. The summed E-state index contributed by atoms with van der Waals surface area (Å²) in [5.41, 5.74) is 1.92. The number of aliphatic hydroxyl groups excluding tert-OH is 1. The lowest BCUT2D eigenvalue weighted by atomic mass is 9.93. The fraction of sp³-hybridized carbons (Fsp3) is 0.438. The van der Waals surface area contributed by atoms with Crippen molar-refractivity contribution < 1.29 is 27.8 Å². The van der Waals surface area contributed by atoms with E-state index in [1.165, 1.54) is 12.1 Å². The highest BCUT2D eigenvalue weighted by Gasteiger charge is 2.41. The van der Waals surface area contributed by atoms with E-state index >= 15 is 0 Å². The van der Waals surface area contributed by atoms with Crippen molar-refractivity contribution in [3.8, 4) is 5.75 Å². The first-order chi connectivity index (χ1) is 10.4. The predicted molar refractivity (Wildman–Crippen MR) is 83.7 cm³/mol. The smallest absolute Gasteiger partial charge is 0.422 e. The Morgan fingerprint density at radius 1 is 1.22 bits per heavy atom. The summed E-state index contributed by atoms with van der Waals surface area (Å²) in [6.45, 7) is 5.45. The normalized spacial score (nSPS) is 17.8. The van der Waals surface area contributed by atoms with Gasteiger partial charge in [0.05, 0.1) is 10.3 Å². The van der Waals surface area contributed by atoms with Crippen molar-refractivity contribution in [2.24, 2.45) is 0 Å². The number of aryl methyl sites for hydroxylation is 2. The molecule has 0 unspecified atom stereocenters. The molecule has 0 spiro atoms. The second kappa shape index (κ2) is 5.78. The number of ether oxygens (including phenoxy) is 1. The number of alkyl halides is 3. The lowest BCUT2D eigenvalue weighted by Crippen LogP contribution is -2.19. The minimum absolute atomic E-state index is 0.0114. The Hall–Kier alpha value is -1.63. The molecule has 0 atom stereocenters. The summed E-state index contributed by atoms with van der Waals surface area (Å²) >= 11 is 1.03. The Morgan fingerprint density at radius 2 is 1.74 bits per heavy atom. The van der Waals surface area contributed by atoms with Gasteiger partial charge in [-0.3, -0.25) is 4.79 Å². The minimum Gasteiger partial charge on any atom is -0.510 e. The Labute approximate surface area is 136 Å². The van der Waals surface area contributed by atoms with Gasteiger partial charge >= 0.3 is 6.18 Å². The molecule has 0 radical (unpaired) electrons. The Bertz CT molecular complexity index is 667. The summed E-state index contributed by atoms with van der Waals surface area (Å²) in [7, 11) is 0. The van der Waals surface area contributed by atoms with Crippen molar-refractivity contribution in [3.63, 3.8) is 0 Å². The first-order valence-corrected chi connectivity index (χ1v) is 7.72. The van der Waals surface area contributed by atoms with Gasteiger partial charge in [0.15, 0.2) is 6.61 Å². The number of hydrogen-bond donors (Lipinski definition) is 1. The molecule has 3 nitrogen and oxygen atoms in total. The molecule has 0 saturated heterocycles. The van der Waals surface area contributed by atoms with Crippen molar-refractivity contribution in [1.29, 1.82) is 0 Å². The van der Waals surface area contributed by atoms with E-state index in [2.05, 4.69) is 0 Å². The zero-order chi connectivity index (χ0) is 17.6. The molecule has 1 aliphatic rings. The Balaban J connectivity index is 2.43. The van der Waals surface area contributed by atoms with Gasteiger partial charge in [-0.05, 0) is 56.5 Å². The predicted octanol–water partition coefficient (Wildman–Crippen LogP) is 4.57. The van der Waals surface area contributed by atoms with E-state index in [1.807, 2.05) is 0 Å². The molecule has 23 heavy (non-hydrogen) atoms. The van der Waals surface area contributed by atoms with Crippen LogP contribution in [0.3, 0.4) is 0 Å². The third kappa shape index (κ3) is 3.65. The van der Waals surface area contributed by atoms with Crippen molar-refractivity contribution in [1.82, 2.24) is 0 Å². The molecule has 1 aromatic rings. The molecule has 0 saturated carbocycles. The van der Waals surface area contributed by atoms with Gasteiger partial charge in [0.1, 0.15) is 11.5 Å². The number of carbonyl (C=O) groups is 1. The largest absolute Gasteiger partial charge is 0.510 e. The summed E-state index contributed by atoms with van der Waals surface area (Å²) in [5, 5.41) is 10.1. The number of rotatable bonds is 3. The average Bonchev–Trinajstić information content (AvgIpc) is 2.57. The van der Waals surface area contributed by atoms with Crippen molar-refractivity contribution in [2.75, 3.05) is 6.61 Å². The van der Waals surface area contributed by atoms with E-state index in [4.69, 9.17) is 4.74 Å². The molecule has 0 aromatic heterocycles. The molecule has 126 valence electrons. The minimum atomic E-state index is -4.41. The highest BCUT2D eigenvalue weighted by molar-refractivity contribution is 8.16. The van der Waals surface area contributed by atoms with E-state index < -0.39 is 17.5 Å². The molecular weight excluding hydrogens is 329 g/mol. The zero-order valence-electron chi connectivity index (χ0n) is 13.2. The molecule has 0 aliphatic carbocycles. The van der Waals surface area contributed by atoms with Crippen LogP contribution in [0.2, 0.25) is 0 Å². The van der Waals surface area contributed by atoms with Crippen LogP contribution < -0.4 is 4.74 Å². The van der Waals surface area contributed by atoms with Crippen LogP contribution in [0.1, 0.15) is 30.5 Å². The molecule has 0 bridgehead atoms. The van der Waals surface area contributed by atoms with E-state index in [0.717, 1.165) is 11.8 Å². The summed E-state index contributed by atoms with van der Waals surface area (Å²) in [4.78, 5) is 12.2. The quantitative estimate of drug-likeness (QED) is 0.871. The molecule has 2 rings (SSSR count). The molecule has 7 heteroatoms. The SMILES string of the molecule is Cc1cc(OCC(F)(F)F)cc(C)c1C1=C(O)C(C)(C)SC1=O. The highest BCUT2D eigenvalue weighted by atomic mass is 32.2. The van der Waals surface area contributed by atoms with Crippen molar-refractivity contribution in [2.45, 2.75) is 38.6 Å². The number of halogens is 3. The molecule has 1 aliphatic heterocycles. The van der Waals surface area contributed by atoms with Crippen LogP contribution in [0.25, 0.3) is 5.57 Å². The van der Waals surface area contributed by atoms with Crippen LogP contribution in [-0.4, -0.2) is 27.8 Å². The fourth-order valence-electron chi connectivity index (χ4n) is 2.52. The second-order valence-corrected chi connectivity index (χ2v) is 7.55. The maximum atomic E-state index is 12.2. The lowest BCUT2D eigenvalue weighted by Gasteiger charge is -2.16. The third-order valence-electron chi connectivity index (χ3n) is 3.52. The lowest BCUT2D eigenvalue weighted by molar-refractivity contribution is -0.153. The van der Waals surface area contributed by atoms with Gasteiger partial charge in [-0.25, -0.2) is 0 Å². The van der Waals surface area contributed by atoms with Gasteiger partial charge in [-0.15, -0.1) is 0 Å². The average molecular weight is 346 g/mol. The molecule has 0 amide bonds. The van der Waals surface area contributed by atoms with Crippen LogP contribution >= 0.6 is 11.8 Å². The van der Waals surface area contributed by atoms with Crippen molar-refractivity contribution in [3.05, 3.63) is 34.6 Å². The number of thioether (sulfide) groups is 1. The van der Waals surface area contributed by atoms with Gasteiger partial charge in [0.25, 0.3) is 0 Å². The molecule has 1 N–H and O–H groups in total. The standard InChI is InChI=1S/C16H17F3O3S/c1-8-5-10(22-7-16(17,18)19)6-9(2)11(8)12-13(20)15(3,4)23-14(12)21/h5-6,20H,7H2,1-4H3. The summed E-state index contributed by atoms with van der Waals surface area (Å²) in [6, 6.07) is 2.88. The highest BCUT2D eigenvalue weighted by Crippen LogP contribution is 2.47. The first kappa shape index (κ1) is 17.7. The molecule has 0 fully saturated rings. The number of aliphatic hydroxyl groups is 1. The topological polar surface area (TPSA) is 46.5 Å². The van der Waals surface area contributed by atoms with Gasteiger partial charge in [-0.2, -0.15) is 13.2 Å². The fourth-order valence-corrected chi connectivity index (χ4v) is 3.48. The maximum Gasteiger partial charge on any atom is 0.422 e. The first-order valence-electron chi connectivity index (χ1n) is 6.90. The van der Waals surface area contributed by atoms with Gasteiger partial charge in [0.2, 0.25) is 5.12 Å². The van der Waals surface area contributed by atoms with E-state index in [-0.39, 0.29) is 22.2 Å². The van der Waals surface area contributed by atoms with E-state index in [9.17, 15) is 23.1 Å². The van der Waals surface area contributed by atoms with Crippen LogP contribution in [-0.2, 0) is 4.79 Å². The van der Waals surface area contributed by atoms with Crippen molar-refractivity contribution >= 4 is 22.5 Å². The Kier molecular flexibility index (Phi) is 4.45. The zero-order valence-corrected chi connectivity index (χ0v) is 14.0. The third-order valence-corrected chi connectivity index (χ3v) is 4.61. The van der Waals surface area contributed by atoms with Crippen LogP contribution in [0.5, 0.6) is 5.75 Å². The van der Waals surface area contributed by atoms with Gasteiger partial charge < -0.3 is 9.84 Å². The number of carbonyl (C=O) groups excluding carboxylic acids is 1. The monoisotopic (exact) mass is 346 g/mol. The van der Waals surface area contributed by atoms with E-state index in [0.29, 0.717) is 16.7 Å². The van der Waals surface area contributed by atoms with Crippen LogP contribution in [0.4, 0.5) is 13.2 Å². The molecule has 1 heterocycles. The number of hydrogen-bond acceptors (Lipinski definition) is 4. The molecule has 1 aromatic carbocycles. The van der Waals surface area contributed by atoms with E-state index in [1.54, 1.807) is 27.7 Å². The summed E-state index contributed by atoms with van der Waals surface area (Å²) in [5.74, 6) is 0.0705. The summed E-state index contributed by atoms with van der Waals surface area (Å²) < 4.78 is 40.8. The summed E-state index contributed by atoms with van der Waals surface area (Å²) in [6.07, 6.45) is -4.41. The van der Waals surface area contributed by atoms with Crippen LogP contribution in [0, 0.1) is 13.8 Å². The maximum absolute atomic E-state index is 12.2. The Morgan fingerprint density at radius 3 is 2.13 bits per heavy atom. The van der Waals surface area contributed by atoms with Gasteiger partial charge in [-0.1, -0.05) is 11.8 Å².